The second-order valence-corrected chi connectivity index (χ2v) is 6.65. The molecule has 5 heteroatoms. The molecule has 0 aliphatic rings. The Morgan fingerprint density at radius 2 is 2.00 bits per heavy atom. The van der Waals surface area contributed by atoms with Crippen LogP contribution in [0.2, 0.25) is 0 Å². The van der Waals surface area contributed by atoms with Crippen molar-refractivity contribution in [2.75, 3.05) is 13.7 Å². The fourth-order valence-electron chi connectivity index (χ4n) is 2.55. The predicted molar refractivity (Wildman–Crippen MR) is 95.3 cm³/mol. The Hall–Kier alpha value is -1.98. The van der Waals surface area contributed by atoms with Crippen LogP contribution in [0.3, 0.4) is 0 Å². The van der Waals surface area contributed by atoms with Gasteiger partial charge in [-0.25, -0.2) is 4.98 Å². The molecule has 2 heterocycles. The molecule has 0 unspecified atom stereocenters. The van der Waals surface area contributed by atoms with E-state index in [0.29, 0.717) is 24.4 Å². The standard InChI is InChI=1S/C18H20N2O2S/c1-4-14-11-15-17(23-14)19-16(13-7-5-12(2)6-8-13)20(18(15)21)9-10-22-3/h5-8,11H,4,9-10H2,1-3H3. The van der Waals surface area contributed by atoms with E-state index in [2.05, 4.69) is 6.92 Å². The summed E-state index contributed by atoms with van der Waals surface area (Å²) in [6, 6.07) is 10.1. The molecule has 0 amide bonds. The molecule has 23 heavy (non-hydrogen) atoms. The number of nitrogens with zero attached hydrogens (tertiary/aromatic N) is 2. The van der Waals surface area contributed by atoms with E-state index in [1.807, 2.05) is 37.3 Å². The van der Waals surface area contributed by atoms with Crippen molar-refractivity contribution in [1.29, 1.82) is 0 Å². The van der Waals surface area contributed by atoms with Crippen molar-refractivity contribution < 1.29 is 4.74 Å². The van der Waals surface area contributed by atoms with Gasteiger partial charge in [-0.2, -0.15) is 0 Å². The van der Waals surface area contributed by atoms with Gasteiger partial charge in [0.2, 0.25) is 0 Å². The topological polar surface area (TPSA) is 44.1 Å². The lowest BCUT2D eigenvalue weighted by atomic mass is 10.1. The average molecular weight is 328 g/mol. The number of ether oxygens (including phenoxy) is 1. The van der Waals surface area contributed by atoms with Crippen LogP contribution in [-0.4, -0.2) is 23.3 Å². The zero-order valence-corrected chi connectivity index (χ0v) is 14.4. The maximum absolute atomic E-state index is 12.9. The molecule has 120 valence electrons. The van der Waals surface area contributed by atoms with E-state index in [4.69, 9.17) is 9.72 Å². The molecular formula is C18H20N2O2S. The summed E-state index contributed by atoms with van der Waals surface area (Å²) >= 11 is 1.60. The first kappa shape index (κ1) is 15.9. The summed E-state index contributed by atoms with van der Waals surface area (Å²) < 4.78 is 6.89. The van der Waals surface area contributed by atoms with Crippen LogP contribution in [0.25, 0.3) is 21.6 Å². The van der Waals surface area contributed by atoms with Gasteiger partial charge in [0.25, 0.3) is 5.56 Å². The van der Waals surface area contributed by atoms with Gasteiger partial charge in [-0.05, 0) is 19.4 Å². The van der Waals surface area contributed by atoms with Gasteiger partial charge in [0, 0.05) is 17.6 Å². The molecule has 0 N–H and O–H groups in total. The fourth-order valence-corrected chi connectivity index (χ4v) is 3.51. The molecule has 0 spiro atoms. The first-order valence-corrected chi connectivity index (χ1v) is 8.55. The molecule has 3 aromatic rings. The Morgan fingerprint density at radius 1 is 1.26 bits per heavy atom. The minimum atomic E-state index is 0.0126. The number of hydrogen-bond donors (Lipinski definition) is 0. The summed E-state index contributed by atoms with van der Waals surface area (Å²) in [5, 5.41) is 0.707. The van der Waals surface area contributed by atoms with Crippen molar-refractivity contribution in [2.45, 2.75) is 26.8 Å². The van der Waals surface area contributed by atoms with E-state index >= 15 is 0 Å². The van der Waals surface area contributed by atoms with Gasteiger partial charge >= 0.3 is 0 Å². The van der Waals surface area contributed by atoms with Crippen molar-refractivity contribution in [1.82, 2.24) is 9.55 Å². The highest BCUT2D eigenvalue weighted by atomic mass is 32.1. The Bertz CT molecular complexity index is 878. The summed E-state index contributed by atoms with van der Waals surface area (Å²) in [6.45, 7) is 5.12. The average Bonchev–Trinajstić information content (AvgIpc) is 2.98. The van der Waals surface area contributed by atoms with E-state index in [1.165, 1.54) is 10.4 Å². The Morgan fingerprint density at radius 3 is 2.65 bits per heavy atom. The second kappa shape index (κ2) is 6.64. The number of benzene rings is 1. The molecule has 1 aromatic carbocycles. The highest BCUT2D eigenvalue weighted by molar-refractivity contribution is 7.18. The van der Waals surface area contributed by atoms with Gasteiger partial charge in [-0.15, -0.1) is 11.3 Å². The third-order valence-electron chi connectivity index (χ3n) is 3.88. The highest BCUT2D eigenvalue weighted by Gasteiger charge is 2.15. The zero-order chi connectivity index (χ0) is 16.4. The SMILES string of the molecule is CCc1cc2c(=O)n(CCOC)c(-c3ccc(C)cc3)nc2s1. The number of aryl methyl sites for hydroxylation is 2. The number of thiophene rings is 1. The second-order valence-electron chi connectivity index (χ2n) is 5.54. The highest BCUT2D eigenvalue weighted by Crippen LogP contribution is 2.25. The van der Waals surface area contributed by atoms with E-state index in [1.54, 1.807) is 23.0 Å². The molecule has 0 radical (unpaired) electrons. The molecule has 3 rings (SSSR count). The lowest BCUT2D eigenvalue weighted by Crippen LogP contribution is -2.24. The molecule has 4 nitrogen and oxygen atoms in total. The first-order chi connectivity index (χ1) is 11.1. The molecule has 0 saturated carbocycles. The maximum atomic E-state index is 12.9. The van der Waals surface area contributed by atoms with Crippen molar-refractivity contribution in [3.8, 4) is 11.4 Å². The van der Waals surface area contributed by atoms with Crippen LogP contribution in [0.5, 0.6) is 0 Å². The normalized spacial score (nSPS) is 11.3. The fraction of sp³-hybridized carbons (Fsp3) is 0.333. The van der Waals surface area contributed by atoms with Crippen LogP contribution < -0.4 is 5.56 Å². The number of hydrogen-bond acceptors (Lipinski definition) is 4. The van der Waals surface area contributed by atoms with Crippen molar-refractivity contribution in [3.05, 3.63) is 51.1 Å². The molecule has 0 fully saturated rings. The van der Waals surface area contributed by atoms with Crippen LogP contribution in [0.4, 0.5) is 0 Å². The van der Waals surface area contributed by atoms with Gasteiger partial charge in [0.05, 0.1) is 18.5 Å². The van der Waals surface area contributed by atoms with Crippen LogP contribution in [0, 0.1) is 6.92 Å². The Kier molecular flexibility index (Phi) is 4.59. The van der Waals surface area contributed by atoms with E-state index in [9.17, 15) is 4.79 Å². The van der Waals surface area contributed by atoms with Gasteiger partial charge < -0.3 is 4.74 Å². The van der Waals surface area contributed by atoms with Gasteiger partial charge in [0.1, 0.15) is 10.7 Å². The first-order valence-electron chi connectivity index (χ1n) is 7.73. The zero-order valence-electron chi connectivity index (χ0n) is 13.6. The van der Waals surface area contributed by atoms with E-state index < -0.39 is 0 Å². The van der Waals surface area contributed by atoms with E-state index in [-0.39, 0.29) is 5.56 Å². The third kappa shape index (κ3) is 3.07. The van der Waals surface area contributed by atoms with Gasteiger partial charge in [-0.1, -0.05) is 36.8 Å². The van der Waals surface area contributed by atoms with Crippen LogP contribution >= 0.6 is 11.3 Å². The maximum Gasteiger partial charge on any atom is 0.262 e. The van der Waals surface area contributed by atoms with Crippen molar-refractivity contribution >= 4 is 21.6 Å². The summed E-state index contributed by atoms with van der Waals surface area (Å²) in [5.41, 5.74) is 2.15. The van der Waals surface area contributed by atoms with Crippen molar-refractivity contribution in [3.63, 3.8) is 0 Å². The van der Waals surface area contributed by atoms with E-state index in [0.717, 1.165) is 16.8 Å². The molecule has 0 aliphatic carbocycles. The summed E-state index contributed by atoms with van der Waals surface area (Å²) in [5.74, 6) is 0.712. The van der Waals surface area contributed by atoms with Gasteiger partial charge in [0.15, 0.2) is 0 Å². The summed E-state index contributed by atoms with van der Waals surface area (Å²) in [4.78, 5) is 19.7. The van der Waals surface area contributed by atoms with Gasteiger partial charge in [-0.3, -0.25) is 9.36 Å². The quantitative estimate of drug-likeness (QED) is 0.718. The summed E-state index contributed by atoms with van der Waals surface area (Å²) in [7, 11) is 1.64. The summed E-state index contributed by atoms with van der Waals surface area (Å²) in [6.07, 6.45) is 0.915. The molecule has 0 aliphatic heterocycles. The number of methoxy groups -OCH3 is 1. The molecule has 0 bridgehead atoms. The third-order valence-corrected chi connectivity index (χ3v) is 5.05. The van der Waals surface area contributed by atoms with Crippen LogP contribution in [-0.2, 0) is 17.7 Å². The number of aromatic nitrogens is 2. The lowest BCUT2D eigenvalue weighted by molar-refractivity contribution is 0.186. The number of rotatable bonds is 5. The predicted octanol–water partition coefficient (Wildman–Crippen LogP) is 3.64. The lowest BCUT2D eigenvalue weighted by Gasteiger charge is -2.12. The Labute approximate surface area is 139 Å². The minimum absolute atomic E-state index is 0.0126. The molecule has 0 atom stereocenters. The molecule has 2 aromatic heterocycles. The van der Waals surface area contributed by atoms with Crippen LogP contribution in [0.15, 0.2) is 35.1 Å². The molecular weight excluding hydrogens is 308 g/mol. The van der Waals surface area contributed by atoms with Crippen LogP contribution in [0.1, 0.15) is 17.4 Å². The smallest absolute Gasteiger partial charge is 0.262 e. The van der Waals surface area contributed by atoms with Crippen molar-refractivity contribution in [2.24, 2.45) is 0 Å². The largest absolute Gasteiger partial charge is 0.383 e. The molecule has 0 saturated heterocycles. The monoisotopic (exact) mass is 328 g/mol. The Balaban J connectivity index is 2.24. The minimum Gasteiger partial charge on any atom is -0.383 e. The number of fused-ring (bicyclic) bond motifs is 1.